The van der Waals surface area contributed by atoms with Crippen molar-refractivity contribution in [2.75, 3.05) is 13.7 Å². The zero-order chi connectivity index (χ0) is 18.7. The van der Waals surface area contributed by atoms with Crippen LogP contribution in [0.5, 0.6) is 0 Å². The molecule has 3 fully saturated rings. The molecule has 0 aliphatic heterocycles. The van der Waals surface area contributed by atoms with Crippen LogP contribution in [0.4, 0.5) is 0 Å². The lowest BCUT2D eigenvalue weighted by molar-refractivity contribution is -0.159. The molecule has 0 aromatic rings. The molecule has 3 saturated carbocycles. The van der Waals surface area contributed by atoms with Gasteiger partial charge in [-0.25, -0.2) is 0 Å². The number of ketones is 2. The van der Waals surface area contributed by atoms with E-state index in [0.29, 0.717) is 31.3 Å². The van der Waals surface area contributed by atoms with E-state index < -0.39 is 6.10 Å². The third-order valence-corrected chi connectivity index (χ3v) is 8.53. The fraction of sp³-hybridized carbons (Fsp3) is 0.818. The third kappa shape index (κ3) is 2.41. The Morgan fingerprint density at radius 3 is 2.77 bits per heavy atom. The van der Waals surface area contributed by atoms with Gasteiger partial charge in [-0.2, -0.15) is 0 Å². The van der Waals surface area contributed by atoms with Gasteiger partial charge in [0.15, 0.2) is 5.78 Å². The van der Waals surface area contributed by atoms with E-state index in [9.17, 15) is 14.7 Å². The van der Waals surface area contributed by atoms with Crippen LogP contribution in [0.3, 0.4) is 0 Å². The van der Waals surface area contributed by atoms with Crippen molar-refractivity contribution >= 4 is 11.6 Å². The van der Waals surface area contributed by atoms with Crippen LogP contribution in [-0.2, 0) is 14.3 Å². The van der Waals surface area contributed by atoms with Crippen molar-refractivity contribution in [3.63, 3.8) is 0 Å². The highest BCUT2D eigenvalue weighted by Gasteiger charge is 2.64. The maximum Gasteiger partial charge on any atom is 0.155 e. The van der Waals surface area contributed by atoms with Gasteiger partial charge in [0.05, 0.1) is 12.7 Å². The van der Waals surface area contributed by atoms with Crippen LogP contribution in [-0.4, -0.2) is 36.5 Å². The van der Waals surface area contributed by atoms with E-state index in [-0.39, 0.29) is 34.2 Å². The molecule has 4 heteroatoms. The first-order valence-corrected chi connectivity index (χ1v) is 10.2. The van der Waals surface area contributed by atoms with Crippen LogP contribution in [0.15, 0.2) is 11.6 Å². The summed E-state index contributed by atoms with van der Waals surface area (Å²) in [6.45, 7) is 4.55. The van der Waals surface area contributed by atoms with Gasteiger partial charge < -0.3 is 9.84 Å². The number of fused-ring (bicyclic) bond motifs is 5. The summed E-state index contributed by atoms with van der Waals surface area (Å²) in [6, 6.07) is 0. The van der Waals surface area contributed by atoms with Gasteiger partial charge in [0.25, 0.3) is 0 Å². The average molecular weight is 360 g/mol. The molecule has 0 radical (unpaired) electrons. The second-order valence-corrected chi connectivity index (χ2v) is 9.57. The van der Waals surface area contributed by atoms with Crippen LogP contribution in [0.2, 0.25) is 0 Å². The number of carbonyl (C=O) groups excluding carboxylic acids is 2. The minimum absolute atomic E-state index is 0.0146. The summed E-state index contributed by atoms with van der Waals surface area (Å²) < 4.78 is 5.62. The smallest absolute Gasteiger partial charge is 0.155 e. The minimum atomic E-state index is -0.423. The Morgan fingerprint density at radius 2 is 2.08 bits per heavy atom. The molecular formula is C22H32O4. The molecule has 144 valence electrons. The van der Waals surface area contributed by atoms with Gasteiger partial charge in [0.2, 0.25) is 0 Å². The van der Waals surface area contributed by atoms with Crippen molar-refractivity contribution in [3.8, 4) is 0 Å². The maximum atomic E-state index is 12.4. The van der Waals surface area contributed by atoms with E-state index in [0.717, 1.165) is 32.1 Å². The Kier molecular flexibility index (Phi) is 4.43. The Balaban J connectivity index is 1.74. The molecular weight excluding hydrogens is 328 g/mol. The number of ether oxygens (including phenoxy) is 1. The zero-order valence-electron chi connectivity index (χ0n) is 16.3. The van der Waals surface area contributed by atoms with Crippen LogP contribution in [0, 0.1) is 34.5 Å². The highest BCUT2D eigenvalue weighted by molar-refractivity contribution is 5.91. The Hall–Kier alpha value is -1.00. The number of aliphatic hydroxyl groups is 1. The summed E-state index contributed by atoms with van der Waals surface area (Å²) in [5, 5.41) is 11.3. The van der Waals surface area contributed by atoms with Crippen molar-refractivity contribution in [2.45, 2.75) is 64.9 Å². The van der Waals surface area contributed by atoms with Crippen molar-refractivity contribution in [3.05, 3.63) is 11.6 Å². The molecule has 0 bridgehead atoms. The monoisotopic (exact) mass is 360 g/mol. The number of hydrogen-bond acceptors (Lipinski definition) is 4. The summed E-state index contributed by atoms with van der Waals surface area (Å²) >= 11 is 0. The van der Waals surface area contributed by atoms with Crippen molar-refractivity contribution in [1.82, 2.24) is 0 Å². The molecule has 0 saturated heterocycles. The lowest BCUT2D eigenvalue weighted by atomic mass is 9.45. The average Bonchev–Trinajstić information content (AvgIpc) is 2.94. The largest absolute Gasteiger partial charge is 0.393 e. The van der Waals surface area contributed by atoms with Gasteiger partial charge in [-0.1, -0.05) is 12.5 Å². The first-order valence-electron chi connectivity index (χ1n) is 10.2. The fourth-order valence-electron chi connectivity index (χ4n) is 7.62. The lowest BCUT2D eigenvalue weighted by Gasteiger charge is -2.60. The summed E-state index contributed by atoms with van der Waals surface area (Å²) in [5.41, 5.74) is 0.988. The molecule has 0 amide bonds. The van der Waals surface area contributed by atoms with Crippen LogP contribution in [0.25, 0.3) is 0 Å². The first kappa shape index (κ1) is 18.4. The molecule has 26 heavy (non-hydrogen) atoms. The molecule has 1 N–H and O–H groups in total. The van der Waals surface area contributed by atoms with E-state index >= 15 is 0 Å². The second-order valence-electron chi connectivity index (χ2n) is 9.57. The Bertz CT molecular complexity index is 653. The molecule has 4 aliphatic rings. The number of allylic oxidation sites excluding steroid dienone is 1. The molecule has 0 aromatic heterocycles. The van der Waals surface area contributed by atoms with E-state index in [1.54, 1.807) is 14.0 Å². The number of aliphatic hydroxyl groups excluding tert-OH is 1. The topological polar surface area (TPSA) is 63.6 Å². The molecule has 4 rings (SSSR count). The van der Waals surface area contributed by atoms with Gasteiger partial charge in [-0.15, -0.1) is 0 Å². The predicted octanol–water partition coefficient (Wildman–Crippen LogP) is 3.32. The third-order valence-electron chi connectivity index (χ3n) is 8.53. The summed E-state index contributed by atoms with van der Waals surface area (Å²) in [4.78, 5) is 24.3. The number of methoxy groups -OCH3 is 1. The lowest BCUT2D eigenvalue weighted by Crippen LogP contribution is -2.58. The molecule has 4 aliphatic carbocycles. The highest BCUT2D eigenvalue weighted by Crippen LogP contribution is 2.66. The second kappa shape index (κ2) is 6.27. The molecule has 7 atom stereocenters. The molecule has 3 unspecified atom stereocenters. The Morgan fingerprint density at radius 1 is 1.31 bits per heavy atom. The van der Waals surface area contributed by atoms with E-state index in [2.05, 4.69) is 6.92 Å². The van der Waals surface area contributed by atoms with E-state index in [4.69, 9.17) is 4.74 Å². The number of rotatable bonds is 3. The van der Waals surface area contributed by atoms with Crippen LogP contribution < -0.4 is 0 Å². The van der Waals surface area contributed by atoms with Crippen LogP contribution in [0.1, 0.15) is 58.8 Å². The molecule has 0 spiro atoms. The van der Waals surface area contributed by atoms with Gasteiger partial charge in [0.1, 0.15) is 5.78 Å². The normalized spacial score (nSPS) is 47.6. The molecule has 0 heterocycles. The van der Waals surface area contributed by atoms with Crippen LogP contribution >= 0.6 is 0 Å². The number of Topliss-reactive ketones (excluding diaryl/α,β-unsaturated/α-hetero) is 1. The van der Waals surface area contributed by atoms with Gasteiger partial charge >= 0.3 is 0 Å². The van der Waals surface area contributed by atoms with Gasteiger partial charge in [0, 0.05) is 24.9 Å². The Labute approximate surface area is 156 Å². The maximum absolute atomic E-state index is 12.4. The number of carbonyl (C=O) groups is 2. The van der Waals surface area contributed by atoms with Gasteiger partial charge in [-0.05, 0) is 74.7 Å². The molecule has 0 aromatic carbocycles. The SMILES string of the molecule is COC[C@@]12C[C@@H](O)C3C(CCC4=CC(=O)CC[C@]43C)C1CC[C@H]2C(C)=O. The first-order chi connectivity index (χ1) is 12.3. The summed E-state index contributed by atoms with van der Waals surface area (Å²) in [5.74, 6) is 1.58. The van der Waals surface area contributed by atoms with E-state index in [1.807, 2.05) is 6.08 Å². The van der Waals surface area contributed by atoms with E-state index in [1.165, 1.54) is 5.57 Å². The van der Waals surface area contributed by atoms with Crippen molar-refractivity contribution in [1.29, 1.82) is 0 Å². The summed E-state index contributed by atoms with van der Waals surface area (Å²) in [7, 11) is 1.72. The summed E-state index contributed by atoms with van der Waals surface area (Å²) in [6.07, 6.45) is 7.54. The quantitative estimate of drug-likeness (QED) is 0.839. The standard InChI is InChI=1S/C22H32O4/c1-13(23)17-6-7-18-16-5-4-14-10-15(24)8-9-21(14,2)20(16)19(25)11-22(17,18)12-26-3/h10,16-20,25H,4-9,11-12H2,1-3H3/t16?,17-,18?,19+,20?,21+,22+/m0/s1. The van der Waals surface area contributed by atoms with Gasteiger partial charge in [-0.3, -0.25) is 9.59 Å². The fourth-order valence-corrected chi connectivity index (χ4v) is 7.62. The number of hydrogen-bond donors (Lipinski definition) is 1. The van der Waals surface area contributed by atoms with Crippen molar-refractivity contribution < 1.29 is 19.4 Å². The highest BCUT2D eigenvalue weighted by atomic mass is 16.5. The molecule has 4 nitrogen and oxygen atoms in total. The minimum Gasteiger partial charge on any atom is -0.393 e. The predicted molar refractivity (Wildman–Crippen MR) is 98.5 cm³/mol. The van der Waals surface area contributed by atoms with Crippen molar-refractivity contribution in [2.24, 2.45) is 34.5 Å². The zero-order valence-corrected chi connectivity index (χ0v) is 16.3.